The van der Waals surface area contributed by atoms with E-state index in [9.17, 15) is 9.59 Å². The Morgan fingerprint density at radius 3 is 1.25 bits per heavy atom. The van der Waals surface area contributed by atoms with Crippen LogP contribution in [0.4, 0.5) is 11.4 Å². The van der Waals surface area contributed by atoms with Gasteiger partial charge in [0.15, 0.2) is 0 Å². The average molecular weight is 385 g/mol. The van der Waals surface area contributed by atoms with Crippen LogP contribution in [-0.2, 0) is 9.59 Å². The number of carbonyl (C=O) groups excluding carboxylic acids is 2. The lowest BCUT2D eigenvalue weighted by molar-refractivity contribution is -0.122. The molecule has 1 aromatic rings. The molecule has 154 valence electrons. The number of hydrogen-bond acceptors (Lipinski definition) is 2. The van der Waals surface area contributed by atoms with E-state index in [0.717, 1.165) is 62.7 Å². The fraction of sp³-hybridized carbons (Fsp3) is 0.667. The molecule has 28 heavy (non-hydrogen) atoms. The van der Waals surface area contributed by atoms with Crippen LogP contribution in [0.3, 0.4) is 0 Å². The average Bonchev–Trinajstić information content (AvgIpc) is 2.63. The third-order valence-corrected chi connectivity index (χ3v) is 6.84. The molecule has 4 nitrogen and oxygen atoms in total. The number of nitrogens with one attached hydrogen (secondary N) is 2. The molecule has 0 heterocycles. The van der Waals surface area contributed by atoms with Crippen LogP contribution >= 0.6 is 0 Å². The van der Waals surface area contributed by atoms with E-state index in [4.69, 9.17) is 0 Å². The fourth-order valence-corrected chi connectivity index (χ4v) is 4.45. The van der Waals surface area contributed by atoms with Crippen LogP contribution in [0.5, 0.6) is 0 Å². The summed E-state index contributed by atoms with van der Waals surface area (Å²) >= 11 is 0. The van der Waals surface area contributed by atoms with Crippen molar-refractivity contribution in [3.63, 3.8) is 0 Å². The van der Waals surface area contributed by atoms with Crippen LogP contribution in [0.15, 0.2) is 24.3 Å². The zero-order chi connectivity index (χ0) is 20.4. The zero-order valence-electron chi connectivity index (χ0n) is 17.9. The van der Waals surface area contributed by atoms with Gasteiger partial charge in [0.25, 0.3) is 0 Å². The van der Waals surface area contributed by atoms with Gasteiger partial charge in [0.2, 0.25) is 11.8 Å². The lowest BCUT2D eigenvalue weighted by atomic mass is 9.73. The molecule has 2 aliphatic carbocycles. The number of amides is 2. The maximum absolute atomic E-state index is 12.5. The van der Waals surface area contributed by atoms with E-state index in [1.165, 1.54) is 0 Å². The Morgan fingerprint density at radius 2 is 0.964 bits per heavy atom. The van der Waals surface area contributed by atoms with E-state index >= 15 is 0 Å². The Hall–Kier alpha value is -1.84. The Bertz CT molecular complexity index is 625. The highest BCUT2D eigenvalue weighted by Crippen LogP contribution is 2.39. The van der Waals surface area contributed by atoms with Crippen molar-refractivity contribution in [2.24, 2.45) is 22.7 Å². The summed E-state index contributed by atoms with van der Waals surface area (Å²) in [5, 5.41) is 6.08. The minimum Gasteiger partial charge on any atom is -0.326 e. The minimum atomic E-state index is 0.114. The highest BCUT2D eigenvalue weighted by atomic mass is 16.2. The van der Waals surface area contributed by atoms with E-state index < -0.39 is 0 Å². The van der Waals surface area contributed by atoms with Crippen LogP contribution in [0.2, 0.25) is 0 Å². The summed E-state index contributed by atoms with van der Waals surface area (Å²) in [4.78, 5) is 25.0. The normalized spacial score (nSPS) is 22.4. The summed E-state index contributed by atoms with van der Waals surface area (Å²) in [5.41, 5.74) is 2.33. The van der Waals surface area contributed by atoms with Gasteiger partial charge in [0, 0.05) is 23.2 Å². The Morgan fingerprint density at radius 1 is 0.679 bits per heavy atom. The number of hydrogen-bond donors (Lipinski definition) is 2. The topological polar surface area (TPSA) is 58.2 Å². The first-order chi connectivity index (χ1) is 13.1. The number of benzene rings is 1. The van der Waals surface area contributed by atoms with Gasteiger partial charge in [0.1, 0.15) is 0 Å². The molecule has 4 heteroatoms. The summed E-state index contributed by atoms with van der Waals surface area (Å²) in [6.07, 6.45) is 8.28. The molecule has 0 unspecified atom stereocenters. The van der Waals surface area contributed by atoms with Gasteiger partial charge in [-0.3, -0.25) is 9.59 Å². The summed E-state index contributed by atoms with van der Waals surface area (Å²) in [7, 11) is 0. The molecule has 2 N–H and O–H groups in total. The van der Waals surface area contributed by atoms with Crippen LogP contribution in [0.25, 0.3) is 0 Å². The van der Waals surface area contributed by atoms with Crippen molar-refractivity contribution in [2.75, 3.05) is 10.6 Å². The molecular formula is C24H36N2O2. The number of carbonyl (C=O) groups is 2. The molecule has 2 amide bonds. The van der Waals surface area contributed by atoms with Crippen molar-refractivity contribution in [1.29, 1.82) is 0 Å². The van der Waals surface area contributed by atoms with E-state index in [2.05, 4.69) is 38.3 Å². The van der Waals surface area contributed by atoms with Gasteiger partial charge in [-0.2, -0.15) is 0 Å². The molecule has 0 radical (unpaired) electrons. The predicted molar refractivity (Wildman–Crippen MR) is 115 cm³/mol. The van der Waals surface area contributed by atoms with Crippen molar-refractivity contribution in [2.45, 2.75) is 79.1 Å². The summed E-state index contributed by atoms with van der Waals surface area (Å²) in [6.45, 7) is 9.12. The molecule has 0 atom stereocenters. The van der Waals surface area contributed by atoms with Gasteiger partial charge >= 0.3 is 0 Å². The van der Waals surface area contributed by atoms with E-state index in [-0.39, 0.29) is 23.7 Å². The Balaban J connectivity index is 1.48. The lowest BCUT2D eigenvalue weighted by Gasteiger charge is -2.33. The lowest BCUT2D eigenvalue weighted by Crippen LogP contribution is -2.30. The molecule has 2 fully saturated rings. The van der Waals surface area contributed by atoms with Crippen molar-refractivity contribution >= 4 is 23.2 Å². The monoisotopic (exact) mass is 384 g/mol. The first-order valence-electron chi connectivity index (χ1n) is 10.9. The molecule has 0 saturated heterocycles. The molecule has 3 rings (SSSR count). The predicted octanol–water partition coefficient (Wildman–Crippen LogP) is 6.00. The zero-order valence-corrected chi connectivity index (χ0v) is 17.9. The van der Waals surface area contributed by atoms with Crippen molar-refractivity contribution in [1.82, 2.24) is 0 Å². The van der Waals surface area contributed by atoms with Crippen LogP contribution < -0.4 is 10.6 Å². The number of anilines is 2. The standard InChI is InChI=1S/C24H36N2O2/c1-23(2)13-9-17(10-14-23)21(27)25-19-5-7-20(8-6-19)26-22(28)18-11-15-24(3,4)16-12-18/h5-8,17-18H,9-16H2,1-4H3,(H,25,27)(H,26,28). The third kappa shape index (κ3) is 5.59. The maximum atomic E-state index is 12.5. The van der Waals surface area contributed by atoms with Gasteiger partial charge in [-0.1, -0.05) is 27.7 Å². The van der Waals surface area contributed by atoms with Gasteiger partial charge in [-0.25, -0.2) is 0 Å². The fourth-order valence-electron chi connectivity index (χ4n) is 4.45. The van der Waals surface area contributed by atoms with Gasteiger partial charge in [-0.05, 0) is 86.5 Å². The summed E-state index contributed by atoms with van der Waals surface area (Å²) in [6, 6.07) is 7.52. The largest absolute Gasteiger partial charge is 0.326 e. The van der Waals surface area contributed by atoms with Crippen LogP contribution in [0.1, 0.15) is 79.1 Å². The second-order valence-electron chi connectivity index (χ2n) is 10.4. The minimum absolute atomic E-state index is 0.114. The van der Waals surface area contributed by atoms with Crippen LogP contribution in [0, 0.1) is 22.7 Å². The van der Waals surface area contributed by atoms with E-state index in [1.54, 1.807) is 0 Å². The van der Waals surface area contributed by atoms with Gasteiger partial charge in [-0.15, -0.1) is 0 Å². The van der Waals surface area contributed by atoms with Crippen LogP contribution in [-0.4, -0.2) is 11.8 Å². The Labute approximate surface area is 169 Å². The molecule has 1 aromatic carbocycles. The molecule has 0 spiro atoms. The summed E-state index contributed by atoms with van der Waals surface area (Å²) < 4.78 is 0. The molecule has 2 aliphatic rings. The van der Waals surface area contributed by atoms with Gasteiger partial charge < -0.3 is 10.6 Å². The quantitative estimate of drug-likeness (QED) is 0.669. The number of rotatable bonds is 4. The summed E-state index contributed by atoms with van der Waals surface area (Å²) in [5.74, 6) is 0.472. The highest BCUT2D eigenvalue weighted by Gasteiger charge is 2.31. The molecule has 0 aromatic heterocycles. The molecular weight excluding hydrogens is 348 g/mol. The van der Waals surface area contributed by atoms with Crippen molar-refractivity contribution in [3.8, 4) is 0 Å². The molecule has 0 aliphatic heterocycles. The third-order valence-electron chi connectivity index (χ3n) is 6.84. The molecule has 0 bridgehead atoms. The molecule has 2 saturated carbocycles. The highest BCUT2D eigenvalue weighted by molar-refractivity contribution is 5.94. The van der Waals surface area contributed by atoms with E-state index in [1.807, 2.05) is 24.3 Å². The van der Waals surface area contributed by atoms with Gasteiger partial charge in [0.05, 0.1) is 0 Å². The van der Waals surface area contributed by atoms with E-state index in [0.29, 0.717) is 10.8 Å². The first kappa shape index (κ1) is 20.9. The second kappa shape index (κ2) is 8.26. The SMILES string of the molecule is CC1(C)CCC(C(=O)Nc2ccc(NC(=O)C3CCC(C)(C)CC3)cc2)CC1. The first-order valence-corrected chi connectivity index (χ1v) is 10.9. The Kier molecular flexibility index (Phi) is 6.16. The van der Waals surface area contributed by atoms with Crippen molar-refractivity contribution < 1.29 is 9.59 Å². The smallest absolute Gasteiger partial charge is 0.227 e. The second-order valence-corrected chi connectivity index (χ2v) is 10.4. The maximum Gasteiger partial charge on any atom is 0.227 e. The van der Waals surface area contributed by atoms with Crippen molar-refractivity contribution in [3.05, 3.63) is 24.3 Å².